The number of likely N-dealkylation sites (tertiary alicyclic amines) is 1. The van der Waals surface area contributed by atoms with Crippen molar-refractivity contribution in [1.29, 1.82) is 0 Å². The van der Waals surface area contributed by atoms with Gasteiger partial charge in [-0.25, -0.2) is 0 Å². The van der Waals surface area contributed by atoms with Crippen LogP contribution in [0.3, 0.4) is 0 Å². The Morgan fingerprint density at radius 2 is 2.00 bits per heavy atom. The lowest BCUT2D eigenvalue weighted by molar-refractivity contribution is -0.919. The van der Waals surface area contributed by atoms with E-state index in [9.17, 15) is 19.8 Å². The Bertz CT molecular complexity index is 1150. The van der Waals surface area contributed by atoms with Gasteiger partial charge in [-0.3, -0.25) is 4.79 Å². The minimum Gasteiger partial charge on any atom is -0.544 e. The summed E-state index contributed by atoms with van der Waals surface area (Å²) in [5, 5.41) is 22.0. The van der Waals surface area contributed by atoms with Gasteiger partial charge in [0.1, 0.15) is 24.6 Å². The van der Waals surface area contributed by atoms with E-state index >= 15 is 0 Å². The van der Waals surface area contributed by atoms with Gasteiger partial charge in [0.05, 0.1) is 30.6 Å². The summed E-state index contributed by atoms with van der Waals surface area (Å²) >= 11 is 0. The number of fused-ring (bicyclic) bond motifs is 1. The van der Waals surface area contributed by atoms with Crippen LogP contribution in [0.15, 0.2) is 51.9 Å². The number of aromatic hydroxyl groups is 1. The fourth-order valence-electron chi connectivity index (χ4n) is 3.93. The highest BCUT2D eigenvalue weighted by Gasteiger charge is 2.31. The summed E-state index contributed by atoms with van der Waals surface area (Å²) in [6.45, 7) is 0.838. The van der Waals surface area contributed by atoms with Crippen molar-refractivity contribution in [3.05, 3.63) is 58.4 Å². The van der Waals surface area contributed by atoms with E-state index in [-0.39, 0.29) is 29.0 Å². The van der Waals surface area contributed by atoms with Crippen LogP contribution in [0, 0.1) is 0 Å². The van der Waals surface area contributed by atoms with Gasteiger partial charge < -0.3 is 33.8 Å². The quantitative estimate of drug-likeness (QED) is 0.611. The van der Waals surface area contributed by atoms with Crippen molar-refractivity contribution in [1.82, 2.24) is 0 Å². The maximum absolute atomic E-state index is 13.0. The summed E-state index contributed by atoms with van der Waals surface area (Å²) in [7, 11) is 1.50. The number of phenolic OH excluding ortho intramolecular Hbond substituents is 1. The largest absolute Gasteiger partial charge is 0.544 e. The minimum absolute atomic E-state index is 0.0234. The molecule has 1 unspecified atom stereocenters. The Morgan fingerprint density at radius 3 is 2.73 bits per heavy atom. The Kier molecular flexibility index (Phi) is 5.33. The van der Waals surface area contributed by atoms with Crippen molar-refractivity contribution in [3.8, 4) is 23.0 Å². The van der Waals surface area contributed by atoms with Gasteiger partial charge in [0.25, 0.3) is 0 Å². The van der Waals surface area contributed by atoms with Crippen LogP contribution in [0.2, 0.25) is 0 Å². The number of benzene rings is 2. The monoisotopic (exact) mass is 411 g/mol. The van der Waals surface area contributed by atoms with E-state index in [1.165, 1.54) is 25.5 Å². The number of hydrogen-bond acceptors (Lipinski definition) is 7. The van der Waals surface area contributed by atoms with E-state index in [4.69, 9.17) is 13.9 Å². The van der Waals surface area contributed by atoms with Gasteiger partial charge in [-0.05, 0) is 24.3 Å². The van der Waals surface area contributed by atoms with Crippen molar-refractivity contribution in [2.45, 2.75) is 25.4 Å². The van der Waals surface area contributed by atoms with E-state index in [0.717, 1.165) is 11.3 Å². The van der Waals surface area contributed by atoms with E-state index in [1.807, 2.05) is 0 Å². The minimum atomic E-state index is -1.11. The lowest BCUT2D eigenvalue weighted by atomic mass is 10.1. The summed E-state index contributed by atoms with van der Waals surface area (Å²) < 4.78 is 16.6. The number of methoxy groups -OCH3 is 1. The number of hydrogen-bond donors (Lipinski definition) is 2. The molecule has 8 heteroatoms. The second-order valence-corrected chi connectivity index (χ2v) is 7.22. The average molecular weight is 411 g/mol. The second kappa shape index (κ2) is 8.08. The summed E-state index contributed by atoms with van der Waals surface area (Å²) in [6.07, 6.45) is 2.46. The number of quaternary nitrogens is 1. The van der Waals surface area contributed by atoms with Crippen molar-refractivity contribution >= 4 is 16.9 Å². The van der Waals surface area contributed by atoms with Gasteiger partial charge in [-0.2, -0.15) is 0 Å². The van der Waals surface area contributed by atoms with E-state index in [1.54, 1.807) is 24.3 Å². The zero-order chi connectivity index (χ0) is 21.3. The van der Waals surface area contributed by atoms with Crippen LogP contribution in [-0.2, 0) is 11.3 Å². The number of phenols is 1. The molecule has 4 rings (SSSR count). The number of carboxylic acids is 1. The molecule has 0 amide bonds. The molecule has 1 aromatic heterocycles. The lowest BCUT2D eigenvalue weighted by Crippen LogP contribution is -3.14. The van der Waals surface area contributed by atoms with Crippen molar-refractivity contribution in [2.24, 2.45) is 0 Å². The van der Waals surface area contributed by atoms with Crippen molar-refractivity contribution < 1.29 is 33.8 Å². The lowest BCUT2D eigenvalue weighted by Gasteiger charge is -2.22. The molecule has 1 aliphatic heterocycles. The van der Waals surface area contributed by atoms with E-state index in [2.05, 4.69) is 0 Å². The number of para-hydroxylation sites is 2. The van der Waals surface area contributed by atoms with Crippen molar-refractivity contribution in [2.75, 3.05) is 13.7 Å². The predicted molar refractivity (Wildman–Crippen MR) is 105 cm³/mol. The van der Waals surface area contributed by atoms with E-state index in [0.29, 0.717) is 30.0 Å². The normalized spacial score (nSPS) is 18.4. The maximum Gasteiger partial charge on any atom is 0.235 e. The van der Waals surface area contributed by atoms with Crippen molar-refractivity contribution in [3.63, 3.8) is 0 Å². The van der Waals surface area contributed by atoms with Crippen LogP contribution in [-0.4, -0.2) is 30.8 Å². The number of nitrogens with one attached hydrogen (secondary N) is 1. The molecular weight excluding hydrogens is 390 g/mol. The molecule has 0 radical (unpaired) electrons. The molecule has 3 aromatic rings. The molecule has 2 N–H and O–H groups in total. The number of aliphatic carboxylic acids is 1. The first-order valence-corrected chi connectivity index (χ1v) is 9.62. The molecule has 1 saturated heterocycles. The topological polar surface area (TPSA) is 113 Å². The predicted octanol–water partition coefficient (Wildman–Crippen LogP) is 0.597. The molecule has 0 aliphatic carbocycles. The third-order valence-corrected chi connectivity index (χ3v) is 5.45. The molecule has 0 bridgehead atoms. The highest BCUT2D eigenvalue weighted by molar-refractivity contribution is 5.83. The fraction of sp³-hybridized carbons (Fsp3) is 0.273. The zero-order valence-electron chi connectivity index (χ0n) is 16.3. The van der Waals surface area contributed by atoms with Crippen LogP contribution < -0.4 is 24.9 Å². The maximum atomic E-state index is 13.0. The second-order valence-electron chi connectivity index (χ2n) is 7.22. The first kappa shape index (κ1) is 19.8. The van der Waals surface area contributed by atoms with Crippen LogP contribution in [0.5, 0.6) is 23.0 Å². The number of ether oxygens (including phenoxy) is 2. The molecule has 2 heterocycles. The van der Waals surface area contributed by atoms with Gasteiger partial charge in [-0.15, -0.1) is 0 Å². The summed E-state index contributed by atoms with van der Waals surface area (Å²) in [4.78, 5) is 25.1. The zero-order valence-corrected chi connectivity index (χ0v) is 16.3. The Labute approximate surface area is 171 Å². The summed E-state index contributed by atoms with van der Waals surface area (Å²) in [5.41, 5.74) is 0.191. The van der Waals surface area contributed by atoms with E-state index < -0.39 is 17.4 Å². The number of rotatable bonds is 6. The molecule has 30 heavy (non-hydrogen) atoms. The first-order chi connectivity index (χ1) is 14.5. The molecule has 1 aliphatic rings. The van der Waals surface area contributed by atoms with Gasteiger partial charge in [0.2, 0.25) is 11.2 Å². The molecule has 1 fully saturated rings. The Morgan fingerprint density at radius 1 is 1.23 bits per heavy atom. The molecular formula is C22H21NO7. The first-order valence-electron chi connectivity index (χ1n) is 9.62. The fourth-order valence-corrected chi connectivity index (χ4v) is 3.93. The van der Waals surface area contributed by atoms with Crippen LogP contribution >= 0.6 is 0 Å². The third-order valence-electron chi connectivity index (χ3n) is 5.45. The van der Waals surface area contributed by atoms with Gasteiger partial charge in [-0.1, -0.05) is 12.1 Å². The van der Waals surface area contributed by atoms with Gasteiger partial charge >= 0.3 is 0 Å². The summed E-state index contributed by atoms with van der Waals surface area (Å²) in [6, 6.07) is 9.13. The molecule has 0 spiro atoms. The SMILES string of the molecule is COc1ccccc1Oc1coc2c(C[NH+]3CCC[C@@H]3C(=O)[O-])c(O)ccc2c1=O. The number of carbonyl (C=O) groups excluding carboxylic acids is 1. The van der Waals surface area contributed by atoms with Crippen LogP contribution in [0.25, 0.3) is 11.0 Å². The van der Waals surface area contributed by atoms with Gasteiger partial charge in [0, 0.05) is 12.8 Å². The number of carbonyl (C=O) groups is 1. The Hall–Kier alpha value is -3.52. The van der Waals surface area contributed by atoms with Crippen LogP contribution in [0.4, 0.5) is 0 Å². The highest BCUT2D eigenvalue weighted by atomic mass is 16.5. The Balaban J connectivity index is 1.72. The third kappa shape index (κ3) is 3.57. The molecule has 2 atom stereocenters. The molecule has 156 valence electrons. The average Bonchev–Trinajstić information content (AvgIpc) is 3.21. The molecule has 2 aromatic carbocycles. The highest BCUT2D eigenvalue weighted by Crippen LogP contribution is 2.32. The standard InChI is InChI=1S/C22H21NO7/c1-28-17-6-2-3-7-18(17)30-19-12-29-21-13(20(19)25)8-9-16(24)14(21)11-23-10-4-5-15(23)22(26)27/h2-3,6-9,12,15,24H,4-5,10-11H2,1H3,(H,26,27)/t15-/m1/s1. The number of carboxylic acid groups (broad SMARTS) is 1. The van der Waals surface area contributed by atoms with Crippen LogP contribution in [0.1, 0.15) is 18.4 Å². The molecule has 0 saturated carbocycles. The molecule has 8 nitrogen and oxygen atoms in total. The summed E-state index contributed by atoms with van der Waals surface area (Å²) in [5.74, 6) is -0.361. The van der Waals surface area contributed by atoms with Gasteiger partial charge in [0.15, 0.2) is 17.1 Å². The smallest absolute Gasteiger partial charge is 0.235 e.